The molecular formula is C10H8F2N2O. The van der Waals surface area contributed by atoms with E-state index in [1.165, 1.54) is 6.07 Å². The van der Waals surface area contributed by atoms with Gasteiger partial charge in [0.15, 0.2) is 0 Å². The van der Waals surface area contributed by atoms with E-state index in [2.05, 4.69) is 9.72 Å². The molecule has 0 atom stereocenters. The van der Waals surface area contributed by atoms with E-state index in [0.717, 1.165) is 10.8 Å². The van der Waals surface area contributed by atoms with Gasteiger partial charge < -0.3 is 10.5 Å². The Morgan fingerprint density at radius 1 is 1.27 bits per heavy atom. The smallest absolute Gasteiger partial charge is 0.388 e. The van der Waals surface area contributed by atoms with E-state index in [0.29, 0.717) is 0 Å². The number of rotatable bonds is 2. The third kappa shape index (κ3) is 1.96. The van der Waals surface area contributed by atoms with Crippen molar-refractivity contribution in [2.24, 2.45) is 0 Å². The number of nitrogens with zero attached hydrogens (tertiary/aromatic N) is 1. The first-order valence-corrected chi connectivity index (χ1v) is 4.27. The lowest BCUT2D eigenvalue weighted by Gasteiger charge is -2.06. The fourth-order valence-corrected chi connectivity index (χ4v) is 1.35. The summed E-state index contributed by atoms with van der Waals surface area (Å²) in [5.41, 5.74) is 5.60. The highest BCUT2D eigenvalue weighted by Gasteiger charge is 2.08. The summed E-state index contributed by atoms with van der Waals surface area (Å²) in [4.78, 5) is 3.72. The molecule has 0 bridgehead atoms. The molecule has 0 aliphatic heterocycles. The van der Waals surface area contributed by atoms with Crippen molar-refractivity contribution in [3.8, 4) is 5.88 Å². The molecule has 1 heterocycles. The number of nitrogen functional groups attached to an aromatic ring is 1. The van der Waals surface area contributed by atoms with Gasteiger partial charge >= 0.3 is 6.61 Å². The zero-order valence-electron chi connectivity index (χ0n) is 7.65. The standard InChI is InChI=1S/C10H8F2N2O/c11-10(12)15-8-5-6-3-1-2-4-7(6)9(13)14-8/h1-5,10H,(H2,13,14). The Bertz CT molecular complexity index is 488. The summed E-state index contributed by atoms with van der Waals surface area (Å²) in [6, 6.07) is 8.54. The van der Waals surface area contributed by atoms with E-state index >= 15 is 0 Å². The minimum Gasteiger partial charge on any atom is -0.417 e. The summed E-state index contributed by atoms with van der Waals surface area (Å²) >= 11 is 0. The van der Waals surface area contributed by atoms with Gasteiger partial charge in [-0.05, 0) is 5.39 Å². The molecule has 2 N–H and O–H groups in total. The highest BCUT2D eigenvalue weighted by molar-refractivity contribution is 5.91. The van der Waals surface area contributed by atoms with Crippen LogP contribution >= 0.6 is 0 Å². The molecule has 1 aromatic carbocycles. The Labute approximate surface area is 84.5 Å². The van der Waals surface area contributed by atoms with E-state index in [1.54, 1.807) is 24.3 Å². The second-order valence-electron chi connectivity index (χ2n) is 2.95. The lowest BCUT2D eigenvalue weighted by atomic mass is 10.1. The molecule has 5 heteroatoms. The number of hydrogen-bond donors (Lipinski definition) is 1. The molecule has 2 aromatic rings. The Balaban J connectivity index is 2.52. The lowest BCUT2D eigenvalue weighted by molar-refractivity contribution is -0.0526. The quantitative estimate of drug-likeness (QED) is 0.827. The molecule has 0 unspecified atom stereocenters. The average molecular weight is 210 g/mol. The SMILES string of the molecule is Nc1nc(OC(F)F)cc2ccccc12. The molecule has 0 spiro atoms. The van der Waals surface area contributed by atoms with Gasteiger partial charge in [0.1, 0.15) is 5.82 Å². The van der Waals surface area contributed by atoms with Gasteiger partial charge in [0.05, 0.1) is 0 Å². The van der Waals surface area contributed by atoms with Gasteiger partial charge in [-0.25, -0.2) is 0 Å². The van der Waals surface area contributed by atoms with Crippen molar-refractivity contribution in [2.75, 3.05) is 5.73 Å². The fourth-order valence-electron chi connectivity index (χ4n) is 1.35. The van der Waals surface area contributed by atoms with Crippen LogP contribution in [0.25, 0.3) is 10.8 Å². The first kappa shape index (κ1) is 9.64. The predicted molar refractivity (Wildman–Crippen MR) is 52.8 cm³/mol. The van der Waals surface area contributed by atoms with Crippen molar-refractivity contribution in [1.29, 1.82) is 0 Å². The molecule has 0 saturated heterocycles. The number of aromatic nitrogens is 1. The van der Waals surface area contributed by atoms with Crippen LogP contribution in [0, 0.1) is 0 Å². The second kappa shape index (κ2) is 3.68. The zero-order chi connectivity index (χ0) is 10.8. The van der Waals surface area contributed by atoms with Crippen molar-refractivity contribution in [3.05, 3.63) is 30.3 Å². The number of halogens is 2. The van der Waals surface area contributed by atoms with Crippen molar-refractivity contribution < 1.29 is 13.5 Å². The molecule has 0 aliphatic carbocycles. The predicted octanol–water partition coefficient (Wildman–Crippen LogP) is 2.42. The van der Waals surface area contributed by atoms with E-state index in [-0.39, 0.29) is 11.7 Å². The Kier molecular flexibility index (Phi) is 2.37. The lowest BCUT2D eigenvalue weighted by Crippen LogP contribution is -2.04. The van der Waals surface area contributed by atoms with Crippen LogP contribution < -0.4 is 10.5 Å². The van der Waals surface area contributed by atoms with E-state index in [1.807, 2.05) is 0 Å². The number of nitrogens with two attached hydrogens (primary N) is 1. The third-order valence-electron chi connectivity index (χ3n) is 1.96. The maximum atomic E-state index is 11.9. The van der Waals surface area contributed by atoms with Crippen LogP contribution in [0.3, 0.4) is 0 Å². The maximum Gasteiger partial charge on any atom is 0.388 e. The summed E-state index contributed by atoms with van der Waals surface area (Å²) in [6.45, 7) is -2.89. The maximum absolute atomic E-state index is 11.9. The zero-order valence-corrected chi connectivity index (χ0v) is 7.65. The van der Waals surface area contributed by atoms with Gasteiger partial charge in [0, 0.05) is 11.5 Å². The van der Waals surface area contributed by atoms with Gasteiger partial charge in [0.25, 0.3) is 0 Å². The molecule has 0 saturated carbocycles. The molecule has 0 radical (unpaired) electrons. The minimum absolute atomic E-state index is 0.166. The van der Waals surface area contributed by atoms with Gasteiger partial charge in [-0.1, -0.05) is 24.3 Å². The van der Waals surface area contributed by atoms with Crippen LogP contribution in [0.2, 0.25) is 0 Å². The summed E-state index contributed by atoms with van der Waals surface area (Å²) < 4.78 is 28.1. The van der Waals surface area contributed by atoms with Gasteiger partial charge in [-0.15, -0.1) is 0 Å². The van der Waals surface area contributed by atoms with Crippen LogP contribution in [-0.4, -0.2) is 11.6 Å². The van der Waals surface area contributed by atoms with Crippen LogP contribution in [0.15, 0.2) is 30.3 Å². The average Bonchev–Trinajstić information content (AvgIpc) is 2.16. The van der Waals surface area contributed by atoms with E-state index in [4.69, 9.17) is 5.73 Å². The highest BCUT2D eigenvalue weighted by Crippen LogP contribution is 2.24. The molecule has 15 heavy (non-hydrogen) atoms. The Morgan fingerprint density at radius 2 is 2.00 bits per heavy atom. The van der Waals surface area contributed by atoms with Crippen LogP contribution in [-0.2, 0) is 0 Å². The molecule has 3 nitrogen and oxygen atoms in total. The van der Waals surface area contributed by atoms with Crippen molar-refractivity contribution in [3.63, 3.8) is 0 Å². The van der Waals surface area contributed by atoms with Crippen LogP contribution in [0.4, 0.5) is 14.6 Å². The summed E-state index contributed by atoms with van der Waals surface area (Å²) in [5, 5.41) is 1.44. The molecule has 1 aromatic heterocycles. The van der Waals surface area contributed by atoms with Gasteiger partial charge in [0.2, 0.25) is 5.88 Å². The minimum atomic E-state index is -2.89. The topological polar surface area (TPSA) is 48.1 Å². The Hall–Kier alpha value is -1.91. The normalized spacial score (nSPS) is 10.9. The summed E-state index contributed by atoms with van der Waals surface area (Å²) in [6.07, 6.45) is 0. The molecular weight excluding hydrogens is 202 g/mol. The number of alkyl halides is 2. The molecule has 0 aliphatic rings. The number of ether oxygens (including phenoxy) is 1. The van der Waals surface area contributed by atoms with Crippen molar-refractivity contribution >= 4 is 16.6 Å². The third-order valence-corrected chi connectivity index (χ3v) is 1.96. The number of hydrogen-bond acceptors (Lipinski definition) is 3. The summed E-state index contributed by atoms with van der Waals surface area (Å²) in [7, 11) is 0. The van der Waals surface area contributed by atoms with Crippen LogP contribution in [0.1, 0.15) is 0 Å². The second-order valence-corrected chi connectivity index (χ2v) is 2.95. The Morgan fingerprint density at radius 3 is 2.73 bits per heavy atom. The molecule has 2 rings (SSSR count). The number of anilines is 1. The van der Waals surface area contributed by atoms with E-state index < -0.39 is 6.61 Å². The van der Waals surface area contributed by atoms with E-state index in [9.17, 15) is 8.78 Å². The van der Waals surface area contributed by atoms with Crippen LogP contribution in [0.5, 0.6) is 5.88 Å². The van der Waals surface area contributed by atoms with Crippen molar-refractivity contribution in [1.82, 2.24) is 4.98 Å². The number of pyridine rings is 1. The highest BCUT2D eigenvalue weighted by atomic mass is 19.3. The number of fused-ring (bicyclic) bond motifs is 1. The van der Waals surface area contributed by atoms with Gasteiger partial charge in [-0.3, -0.25) is 0 Å². The first-order valence-electron chi connectivity index (χ1n) is 4.27. The fraction of sp³-hybridized carbons (Fsp3) is 0.100. The molecule has 78 valence electrons. The molecule has 0 fully saturated rings. The largest absolute Gasteiger partial charge is 0.417 e. The monoisotopic (exact) mass is 210 g/mol. The van der Waals surface area contributed by atoms with Gasteiger partial charge in [-0.2, -0.15) is 13.8 Å². The van der Waals surface area contributed by atoms with Crippen molar-refractivity contribution in [2.45, 2.75) is 6.61 Å². The first-order chi connectivity index (χ1) is 7.16. The summed E-state index contributed by atoms with van der Waals surface area (Å²) in [5.74, 6) is 0.0185. The number of benzene rings is 1. The molecule has 0 amide bonds.